The molecule has 2 aliphatic rings. The van der Waals surface area contributed by atoms with E-state index >= 15 is 0 Å². The summed E-state index contributed by atoms with van der Waals surface area (Å²) < 4.78 is 0. The van der Waals surface area contributed by atoms with Crippen LogP contribution in [0.3, 0.4) is 0 Å². The Balaban J connectivity index is 1.84. The van der Waals surface area contributed by atoms with Crippen LogP contribution in [0.15, 0.2) is 23.5 Å². The van der Waals surface area contributed by atoms with Crippen molar-refractivity contribution in [1.82, 2.24) is 9.88 Å². The summed E-state index contributed by atoms with van der Waals surface area (Å²) in [7, 11) is 0. The van der Waals surface area contributed by atoms with Crippen LogP contribution in [0.4, 0.5) is 0 Å². The van der Waals surface area contributed by atoms with Gasteiger partial charge in [-0.25, -0.2) is 0 Å². The number of nitrogens with zero attached hydrogens (tertiary/aromatic N) is 3. The van der Waals surface area contributed by atoms with E-state index in [0.29, 0.717) is 12.0 Å². The SMILES string of the molecule is Cc1ccncc1C1CN=C(N)N1CC1CC1. The summed E-state index contributed by atoms with van der Waals surface area (Å²) in [5.74, 6) is 1.52. The molecule has 1 aromatic heterocycles. The third-order valence-electron chi connectivity index (χ3n) is 3.69. The van der Waals surface area contributed by atoms with E-state index in [0.717, 1.165) is 19.0 Å². The standard InChI is InChI=1S/C13H18N4/c1-9-4-5-15-6-11(9)12-7-16-13(14)17(12)8-10-2-3-10/h4-6,10,12H,2-3,7-8H2,1H3,(H2,14,16). The molecule has 0 spiro atoms. The van der Waals surface area contributed by atoms with Crippen LogP contribution >= 0.6 is 0 Å². The molecule has 1 aromatic rings. The highest BCUT2D eigenvalue weighted by Gasteiger charge is 2.33. The predicted molar refractivity (Wildman–Crippen MR) is 67.6 cm³/mol. The monoisotopic (exact) mass is 230 g/mol. The highest BCUT2D eigenvalue weighted by atomic mass is 15.3. The van der Waals surface area contributed by atoms with E-state index in [-0.39, 0.29) is 0 Å². The van der Waals surface area contributed by atoms with Gasteiger partial charge in [-0.1, -0.05) is 0 Å². The minimum atomic E-state index is 0.296. The quantitative estimate of drug-likeness (QED) is 0.855. The fraction of sp³-hybridized carbons (Fsp3) is 0.538. The zero-order chi connectivity index (χ0) is 11.8. The van der Waals surface area contributed by atoms with Gasteiger partial charge in [0.05, 0.1) is 12.6 Å². The maximum Gasteiger partial charge on any atom is 0.191 e. The first-order valence-electron chi connectivity index (χ1n) is 6.23. The van der Waals surface area contributed by atoms with Gasteiger partial charge in [0.2, 0.25) is 0 Å². The van der Waals surface area contributed by atoms with Gasteiger partial charge in [0.15, 0.2) is 5.96 Å². The van der Waals surface area contributed by atoms with E-state index in [2.05, 4.69) is 27.9 Å². The normalized spacial score (nSPS) is 23.9. The molecule has 90 valence electrons. The second kappa shape index (κ2) is 4.02. The molecule has 0 amide bonds. The van der Waals surface area contributed by atoms with E-state index in [9.17, 15) is 0 Å². The molecule has 4 heteroatoms. The number of pyridine rings is 1. The van der Waals surface area contributed by atoms with Crippen LogP contribution in [0, 0.1) is 12.8 Å². The summed E-state index contributed by atoms with van der Waals surface area (Å²) in [4.78, 5) is 10.9. The van der Waals surface area contributed by atoms with E-state index < -0.39 is 0 Å². The van der Waals surface area contributed by atoms with E-state index in [1.165, 1.54) is 24.0 Å². The van der Waals surface area contributed by atoms with Crippen molar-refractivity contribution in [3.8, 4) is 0 Å². The van der Waals surface area contributed by atoms with Gasteiger partial charge in [-0.05, 0) is 42.9 Å². The van der Waals surface area contributed by atoms with Crippen molar-refractivity contribution in [1.29, 1.82) is 0 Å². The van der Waals surface area contributed by atoms with E-state index in [1.807, 2.05) is 12.4 Å². The van der Waals surface area contributed by atoms with Gasteiger partial charge >= 0.3 is 0 Å². The van der Waals surface area contributed by atoms with Crippen molar-refractivity contribution in [3.05, 3.63) is 29.6 Å². The average molecular weight is 230 g/mol. The third kappa shape index (κ3) is 1.99. The number of rotatable bonds is 3. The van der Waals surface area contributed by atoms with Crippen LogP contribution in [0.25, 0.3) is 0 Å². The van der Waals surface area contributed by atoms with Gasteiger partial charge in [0.25, 0.3) is 0 Å². The Bertz CT molecular complexity index is 450. The van der Waals surface area contributed by atoms with Crippen LogP contribution in [-0.2, 0) is 0 Å². The number of aromatic nitrogens is 1. The molecule has 2 heterocycles. The largest absolute Gasteiger partial charge is 0.370 e. The van der Waals surface area contributed by atoms with E-state index in [1.54, 1.807) is 0 Å². The van der Waals surface area contributed by atoms with Crippen LogP contribution in [0.1, 0.15) is 30.0 Å². The summed E-state index contributed by atoms with van der Waals surface area (Å²) >= 11 is 0. The number of aryl methyl sites for hydroxylation is 1. The third-order valence-corrected chi connectivity index (χ3v) is 3.69. The number of nitrogens with two attached hydrogens (primary N) is 1. The number of hydrogen-bond donors (Lipinski definition) is 1. The fourth-order valence-electron chi connectivity index (χ4n) is 2.42. The topological polar surface area (TPSA) is 54.5 Å². The van der Waals surface area contributed by atoms with Crippen molar-refractivity contribution in [2.45, 2.75) is 25.8 Å². The summed E-state index contributed by atoms with van der Waals surface area (Å²) in [6.45, 7) is 3.94. The maximum atomic E-state index is 5.99. The van der Waals surface area contributed by atoms with Crippen LogP contribution in [0.2, 0.25) is 0 Å². The predicted octanol–water partition coefficient (Wildman–Crippen LogP) is 1.47. The molecule has 0 saturated heterocycles. The second-order valence-electron chi connectivity index (χ2n) is 5.04. The first-order chi connectivity index (χ1) is 8.25. The molecular weight excluding hydrogens is 212 g/mol. The Morgan fingerprint density at radius 3 is 3.00 bits per heavy atom. The van der Waals surface area contributed by atoms with Crippen LogP contribution in [-0.4, -0.2) is 28.9 Å². The first kappa shape index (κ1) is 10.6. The van der Waals surface area contributed by atoms with Gasteiger partial charge < -0.3 is 10.6 Å². The Labute approximate surface area is 102 Å². The van der Waals surface area contributed by atoms with Crippen molar-refractivity contribution >= 4 is 5.96 Å². The molecule has 3 rings (SSSR count). The smallest absolute Gasteiger partial charge is 0.191 e. The molecule has 4 nitrogen and oxygen atoms in total. The summed E-state index contributed by atoms with van der Waals surface area (Å²) in [6, 6.07) is 2.35. The molecule has 1 saturated carbocycles. The number of aliphatic imine (C=N–C) groups is 1. The van der Waals surface area contributed by atoms with Gasteiger partial charge in [0.1, 0.15) is 0 Å². The zero-order valence-corrected chi connectivity index (χ0v) is 10.1. The minimum Gasteiger partial charge on any atom is -0.370 e. The zero-order valence-electron chi connectivity index (χ0n) is 10.1. The van der Waals surface area contributed by atoms with Gasteiger partial charge in [-0.2, -0.15) is 0 Å². The lowest BCUT2D eigenvalue weighted by Gasteiger charge is -2.27. The fourth-order valence-corrected chi connectivity index (χ4v) is 2.42. The Kier molecular flexibility index (Phi) is 2.50. The van der Waals surface area contributed by atoms with Crippen molar-refractivity contribution in [2.75, 3.05) is 13.1 Å². The molecule has 1 aliphatic carbocycles. The lowest BCUT2D eigenvalue weighted by Crippen LogP contribution is -2.37. The number of guanidine groups is 1. The molecule has 1 unspecified atom stereocenters. The highest BCUT2D eigenvalue weighted by Crippen LogP contribution is 2.35. The summed E-state index contributed by atoms with van der Waals surface area (Å²) in [5.41, 5.74) is 8.52. The van der Waals surface area contributed by atoms with E-state index in [4.69, 9.17) is 5.73 Å². The summed E-state index contributed by atoms with van der Waals surface area (Å²) in [5, 5.41) is 0. The van der Waals surface area contributed by atoms with Crippen LogP contribution in [0.5, 0.6) is 0 Å². The summed E-state index contributed by atoms with van der Waals surface area (Å²) in [6.07, 6.45) is 6.46. The molecule has 1 atom stereocenters. The Morgan fingerprint density at radius 2 is 2.29 bits per heavy atom. The molecule has 0 aromatic carbocycles. The average Bonchev–Trinajstić information content (AvgIpc) is 3.06. The lowest BCUT2D eigenvalue weighted by molar-refractivity contribution is 0.332. The molecule has 2 N–H and O–H groups in total. The molecule has 0 bridgehead atoms. The van der Waals surface area contributed by atoms with Crippen molar-refractivity contribution < 1.29 is 0 Å². The van der Waals surface area contributed by atoms with Gasteiger partial charge in [-0.15, -0.1) is 0 Å². The van der Waals surface area contributed by atoms with Crippen molar-refractivity contribution in [2.24, 2.45) is 16.6 Å². The van der Waals surface area contributed by atoms with Crippen molar-refractivity contribution in [3.63, 3.8) is 0 Å². The Morgan fingerprint density at radius 1 is 1.47 bits per heavy atom. The molecule has 1 aliphatic heterocycles. The number of hydrogen-bond acceptors (Lipinski definition) is 4. The van der Waals surface area contributed by atoms with Gasteiger partial charge in [-0.3, -0.25) is 9.98 Å². The Hall–Kier alpha value is -1.58. The molecule has 1 fully saturated rings. The minimum absolute atomic E-state index is 0.296. The highest BCUT2D eigenvalue weighted by molar-refractivity contribution is 5.80. The molecule has 0 radical (unpaired) electrons. The van der Waals surface area contributed by atoms with Crippen LogP contribution < -0.4 is 5.73 Å². The molecule has 17 heavy (non-hydrogen) atoms. The first-order valence-corrected chi connectivity index (χ1v) is 6.23. The maximum absolute atomic E-state index is 5.99. The van der Waals surface area contributed by atoms with Gasteiger partial charge in [0, 0.05) is 18.9 Å². The molecular formula is C13H18N4. The second-order valence-corrected chi connectivity index (χ2v) is 5.04. The lowest BCUT2D eigenvalue weighted by atomic mass is 10.0.